The van der Waals surface area contributed by atoms with E-state index in [9.17, 15) is 8.42 Å². The van der Waals surface area contributed by atoms with Crippen LogP contribution in [-0.2, 0) is 9.84 Å². The van der Waals surface area contributed by atoms with Gasteiger partial charge in [-0.15, -0.1) is 0 Å². The average Bonchev–Trinajstić information content (AvgIpc) is 2.01. The summed E-state index contributed by atoms with van der Waals surface area (Å²) in [7, 11) is -2.80. The van der Waals surface area contributed by atoms with E-state index in [0.717, 1.165) is 11.9 Å². The van der Waals surface area contributed by atoms with Crippen molar-refractivity contribution in [3.05, 3.63) is 0 Å². The summed E-state index contributed by atoms with van der Waals surface area (Å²) in [6.45, 7) is 5.06. The van der Waals surface area contributed by atoms with E-state index in [1.54, 1.807) is 0 Å². The lowest BCUT2D eigenvalue weighted by Crippen LogP contribution is -2.36. The molecule has 0 saturated heterocycles. The number of hydrogen-bond acceptors (Lipinski definition) is 3. The van der Waals surface area contributed by atoms with Gasteiger partial charge in [-0.1, -0.05) is 29.8 Å². The monoisotopic (exact) mass is 285 g/mol. The number of rotatable bonds is 7. The molecule has 86 valence electrons. The molecule has 0 aliphatic rings. The smallest absolute Gasteiger partial charge is 0.147 e. The molecule has 0 aromatic heterocycles. The number of alkyl halides is 1. The van der Waals surface area contributed by atoms with Gasteiger partial charge in [-0.05, 0) is 18.9 Å². The first-order valence-corrected chi connectivity index (χ1v) is 8.02. The summed E-state index contributed by atoms with van der Waals surface area (Å²) >= 11 is 3.43. The van der Waals surface area contributed by atoms with Gasteiger partial charge in [0.2, 0.25) is 0 Å². The maximum Gasteiger partial charge on any atom is 0.147 e. The van der Waals surface area contributed by atoms with Crippen molar-refractivity contribution in [2.24, 2.45) is 5.92 Å². The maximum absolute atomic E-state index is 10.8. The third-order valence-corrected chi connectivity index (χ3v) is 3.80. The molecule has 3 nitrogen and oxygen atoms in total. The van der Waals surface area contributed by atoms with Crippen LogP contribution in [0.2, 0.25) is 0 Å². The van der Waals surface area contributed by atoms with Crippen LogP contribution in [0.3, 0.4) is 0 Å². The Kier molecular flexibility index (Phi) is 6.99. The molecular formula is C9H20BrNO2S. The third-order valence-electron chi connectivity index (χ3n) is 2.07. The van der Waals surface area contributed by atoms with Crippen molar-refractivity contribution < 1.29 is 8.42 Å². The normalized spacial score (nSPS) is 14.6. The fourth-order valence-electron chi connectivity index (χ4n) is 1.09. The van der Waals surface area contributed by atoms with Gasteiger partial charge in [0.05, 0.1) is 5.75 Å². The summed E-state index contributed by atoms with van der Waals surface area (Å²) in [5, 5.41) is 4.24. The van der Waals surface area contributed by atoms with E-state index in [1.165, 1.54) is 6.26 Å². The summed E-state index contributed by atoms with van der Waals surface area (Å²) in [5.41, 5.74) is 0. The molecule has 5 heteroatoms. The Morgan fingerprint density at radius 3 is 2.29 bits per heavy atom. The highest BCUT2D eigenvalue weighted by molar-refractivity contribution is 9.09. The van der Waals surface area contributed by atoms with Crippen molar-refractivity contribution in [3.8, 4) is 0 Å². The maximum atomic E-state index is 10.8. The lowest BCUT2D eigenvalue weighted by atomic mass is 10.1. The van der Waals surface area contributed by atoms with Gasteiger partial charge in [-0.3, -0.25) is 0 Å². The summed E-state index contributed by atoms with van der Waals surface area (Å²) in [6.07, 6.45) is 1.96. The Morgan fingerprint density at radius 2 is 1.93 bits per heavy atom. The molecule has 0 radical (unpaired) electrons. The Hall–Kier alpha value is 0.390. The summed E-state index contributed by atoms with van der Waals surface area (Å²) in [6, 6.07) is 0.426. The second-order valence-electron chi connectivity index (χ2n) is 3.94. The standard InChI is InChI=1S/C9H20BrNO2S/c1-8(2)9(7-10)11-5-4-6-14(3,12)13/h8-9,11H,4-7H2,1-3H3. The van der Waals surface area contributed by atoms with Gasteiger partial charge in [0.25, 0.3) is 0 Å². The topological polar surface area (TPSA) is 46.2 Å². The van der Waals surface area contributed by atoms with E-state index < -0.39 is 9.84 Å². The van der Waals surface area contributed by atoms with Gasteiger partial charge in [0.1, 0.15) is 9.84 Å². The van der Waals surface area contributed by atoms with Crippen molar-refractivity contribution >= 4 is 25.8 Å². The van der Waals surface area contributed by atoms with Gasteiger partial charge in [0, 0.05) is 17.6 Å². The van der Waals surface area contributed by atoms with E-state index in [2.05, 4.69) is 35.1 Å². The van der Waals surface area contributed by atoms with Gasteiger partial charge in [0.15, 0.2) is 0 Å². The highest BCUT2D eigenvalue weighted by Gasteiger charge is 2.10. The van der Waals surface area contributed by atoms with E-state index in [1.807, 2.05) is 0 Å². The van der Waals surface area contributed by atoms with Crippen LogP contribution in [0.4, 0.5) is 0 Å². The Morgan fingerprint density at radius 1 is 1.36 bits per heavy atom. The number of sulfone groups is 1. The molecule has 0 bridgehead atoms. The second kappa shape index (κ2) is 6.80. The quantitative estimate of drug-likeness (QED) is 0.569. The minimum Gasteiger partial charge on any atom is -0.313 e. The van der Waals surface area contributed by atoms with Crippen LogP contribution in [0.25, 0.3) is 0 Å². The largest absolute Gasteiger partial charge is 0.313 e. The van der Waals surface area contributed by atoms with Gasteiger partial charge >= 0.3 is 0 Å². The molecule has 14 heavy (non-hydrogen) atoms. The first-order valence-electron chi connectivity index (χ1n) is 4.84. The Bertz CT molecular complexity index is 239. The van der Waals surface area contributed by atoms with Crippen LogP contribution in [0.5, 0.6) is 0 Å². The number of nitrogens with one attached hydrogen (secondary N) is 1. The molecule has 0 rings (SSSR count). The van der Waals surface area contributed by atoms with E-state index in [-0.39, 0.29) is 5.75 Å². The van der Waals surface area contributed by atoms with E-state index in [4.69, 9.17) is 0 Å². The van der Waals surface area contributed by atoms with Crippen LogP contribution < -0.4 is 5.32 Å². The lowest BCUT2D eigenvalue weighted by molar-refractivity contribution is 0.435. The van der Waals surface area contributed by atoms with Crippen molar-refractivity contribution in [3.63, 3.8) is 0 Å². The molecule has 0 heterocycles. The number of hydrogen-bond donors (Lipinski definition) is 1. The summed E-state index contributed by atoms with van der Waals surface area (Å²) in [4.78, 5) is 0. The molecule has 0 aromatic carbocycles. The fourth-order valence-corrected chi connectivity index (χ4v) is 2.74. The molecule has 0 aromatic rings. The van der Waals surface area contributed by atoms with Crippen molar-refractivity contribution in [2.75, 3.05) is 23.9 Å². The van der Waals surface area contributed by atoms with E-state index >= 15 is 0 Å². The molecular weight excluding hydrogens is 266 g/mol. The Labute approximate surface area is 95.7 Å². The molecule has 0 aliphatic carbocycles. The fraction of sp³-hybridized carbons (Fsp3) is 1.00. The van der Waals surface area contributed by atoms with Crippen molar-refractivity contribution in [2.45, 2.75) is 26.3 Å². The average molecular weight is 286 g/mol. The predicted molar refractivity (Wildman–Crippen MR) is 64.8 cm³/mol. The Balaban J connectivity index is 3.63. The van der Waals surface area contributed by atoms with Crippen LogP contribution in [0, 0.1) is 5.92 Å². The van der Waals surface area contributed by atoms with E-state index in [0.29, 0.717) is 18.4 Å². The van der Waals surface area contributed by atoms with Crippen molar-refractivity contribution in [1.29, 1.82) is 0 Å². The van der Waals surface area contributed by atoms with Crippen LogP contribution >= 0.6 is 15.9 Å². The number of halogens is 1. The molecule has 1 unspecified atom stereocenters. The summed E-state index contributed by atoms with van der Waals surface area (Å²) < 4.78 is 21.7. The first-order chi connectivity index (χ1) is 6.37. The minimum absolute atomic E-state index is 0.271. The van der Waals surface area contributed by atoms with Crippen LogP contribution in [-0.4, -0.2) is 38.3 Å². The molecule has 1 N–H and O–H groups in total. The lowest BCUT2D eigenvalue weighted by Gasteiger charge is -2.19. The molecule has 0 amide bonds. The van der Waals surface area contributed by atoms with Gasteiger partial charge in [-0.2, -0.15) is 0 Å². The highest BCUT2D eigenvalue weighted by Crippen LogP contribution is 2.04. The molecule has 1 atom stereocenters. The summed E-state index contributed by atoms with van der Waals surface area (Å²) in [5.74, 6) is 0.834. The highest BCUT2D eigenvalue weighted by atomic mass is 79.9. The van der Waals surface area contributed by atoms with Crippen molar-refractivity contribution in [1.82, 2.24) is 5.32 Å². The zero-order valence-corrected chi connectivity index (χ0v) is 11.5. The zero-order valence-electron chi connectivity index (χ0n) is 9.09. The van der Waals surface area contributed by atoms with Gasteiger partial charge < -0.3 is 5.32 Å². The predicted octanol–water partition coefficient (Wildman–Crippen LogP) is 1.43. The van der Waals surface area contributed by atoms with Crippen LogP contribution in [0.1, 0.15) is 20.3 Å². The third kappa shape index (κ3) is 7.76. The molecule has 0 aliphatic heterocycles. The van der Waals surface area contributed by atoms with Gasteiger partial charge in [-0.25, -0.2) is 8.42 Å². The van der Waals surface area contributed by atoms with Crippen LogP contribution in [0.15, 0.2) is 0 Å². The minimum atomic E-state index is -2.80. The first kappa shape index (κ1) is 14.4. The zero-order chi connectivity index (χ0) is 11.2. The SMILES string of the molecule is CC(C)C(CBr)NCCCS(C)(=O)=O. The molecule has 0 spiro atoms. The molecule has 0 saturated carbocycles. The second-order valence-corrected chi connectivity index (χ2v) is 6.85. The molecule has 0 fully saturated rings.